The van der Waals surface area contributed by atoms with Gasteiger partial charge in [-0.25, -0.2) is 4.21 Å². The van der Waals surface area contributed by atoms with Gasteiger partial charge in [-0.05, 0) is 11.5 Å². The van der Waals surface area contributed by atoms with Gasteiger partial charge in [0, 0.05) is 5.39 Å². The van der Waals surface area contributed by atoms with E-state index in [9.17, 15) is 4.79 Å². The minimum Gasteiger partial charge on any atom is -0.750 e. The Balaban J connectivity index is 0.000000282. The zero-order valence-corrected chi connectivity index (χ0v) is 11.4. The second-order valence-electron chi connectivity index (χ2n) is 4.01. The number of hydrogen-bond donors (Lipinski definition) is 1. The standard InChI is InChI=1S/C13H9NO2.H2O4S/c14-12-7-11(15)10-6-5-8-3-1-2-4-9(8)13(10)16-12;1-4-5(2)3/h1-7H,14H2;1H,(H,2,3)/p-1. The van der Waals surface area contributed by atoms with Crippen LogP contribution in [0.4, 0.5) is 5.88 Å². The SMILES string of the molecule is O=S([O-])O[O-].[NH3+]c1cc(=O)c2ccc3ccccc3c2o1. The third kappa shape index (κ3) is 3.51. The minimum atomic E-state index is -2.88. The Kier molecular flexibility index (Phi) is 4.78. The highest BCUT2D eigenvalue weighted by Crippen LogP contribution is 2.24. The molecule has 0 spiro atoms. The van der Waals surface area contributed by atoms with Crippen LogP contribution in [-0.4, -0.2) is 8.76 Å². The number of fused-ring (bicyclic) bond motifs is 3. The van der Waals surface area contributed by atoms with Gasteiger partial charge in [-0.3, -0.25) is 10.5 Å². The molecule has 1 aromatic heterocycles. The van der Waals surface area contributed by atoms with Crippen molar-refractivity contribution >= 4 is 39.0 Å². The molecule has 0 fully saturated rings. The zero-order chi connectivity index (χ0) is 15.4. The molecule has 0 aliphatic rings. The summed E-state index contributed by atoms with van der Waals surface area (Å²) in [6.07, 6.45) is 0. The molecule has 3 rings (SSSR count). The summed E-state index contributed by atoms with van der Waals surface area (Å²) < 4.78 is 25.6. The van der Waals surface area contributed by atoms with E-state index in [-0.39, 0.29) is 5.43 Å². The fraction of sp³-hybridized carbons (Fsp3) is 0. The van der Waals surface area contributed by atoms with Crippen molar-refractivity contribution in [3.8, 4) is 0 Å². The molecule has 0 radical (unpaired) electrons. The van der Waals surface area contributed by atoms with E-state index in [1.54, 1.807) is 6.07 Å². The smallest absolute Gasteiger partial charge is 0.295 e. The molecule has 7 nitrogen and oxygen atoms in total. The highest BCUT2D eigenvalue weighted by molar-refractivity contribution is 7.73. The van der Waals surface area contributed by atoms with Gasteiger partial charge in [-0.2, -0.15) is 0 Å². The van der Waals surface area contributed by atoms with Gasteiger partial charge in [0.05, 0.1) is 22.8 Å². The molecule has 1 atom stereocenters. The molecule has 0 amide bonds. The lowest BCUT2D eigenvalue weighted by atomic mass is 10.1. The van der Waals surface area contributed by atoms with Crippen LogP contribution in [0.1, 0.15) is 0 Å². The van der Waals surface area contributed by atoms with E-state index in [0.29, 0.717) is 16.9 Å². The summed E-state index contributed by atoms with van der Waals surface area (Å²) in [4.78, 5) is 11.7. The van der Waals surface area contributed by atoms with Gasteiger partial charge in [-0.1, -0.05) is 30.3 Å². The van der Waals surface area contributed by atoms with Crippen LogP contribution in [-0.2, 0) is 15.7 Å². The van der Waals surface area contributed by atoms with Gasteiger partial charge < -0.3 is 18.6 Å². The molecule has 1 unspecified atom stereocenters. The van der Waals surface area contributed by atoms with E-state index >= 15 is 0 Å². The molecular weight excluding hydrogens is 298 g/mol. The number of benzene rings is 2. The topological polar surface area (TPSA) is 130 Å². The Hall–Kier alpha value is -2.10. The number of quaternary nitrogens is 1. The van der Waals surface area contributed by atoms with E-state index in [1.165, 1.54) is 6.07 Å². The first kappa shape index (κ1) is 15.3. The van der Waals surface area contributed by atoms with Gasteiger partial charge in [0.1, 0.15) is 0 Å². The Morgan fingerprint density at radius 1 is 1.14 bits per heavy atom. The summed E-state index contributed by atoms with van der Waals surface area (Å²) in [5, 5.41) is 11.1. The zero-order valence-electron chi connectivity index (χ0n) is 10.6. The quantitative estimate of drug-likeness (QED) is 0.289. The molecule has 1 heterocycles. The van der Waals surface area contributed by atoms with Gasteiger partial charge in [0.25, 0.3) is 5.88 Å². The Labute approximate surface area is 121 Å². The number of hydrogen-bond acceptors (Lipinski definition) is 6. The predicted molar refractivity (Wildman–Crippen MR) is 72.5 cm³/mol. The fourth-order valence-corrected chi connectivity index (χ4v) is 1.93. The molecule has 110 valence electrons. The van der Waals surface area contributed by atoms with Crippen LogP contribution < -0.4 is 16.4 Å². The summed E-state index contributed by atoms with van der Waals surface area (Å²) in [6.45, 7) is 0. The summed E-state index contributed by atoms with van der Waals surface area (Å²) in [6, 6.07) is 13.0. The first-order valence-corrected chi connectivity index (χ1v) is 6.70. The molecule has 8 heteroatoms. The highest BCUT2D eigenvalue weighted by Gasteiger charge is 2.07. The van der Waals surface area contributed by atoms with Crippen LogP contribution in [0.25, 0.3) is 21.7 Å². The van der Waals surface area contributed by atoms with E-state index in [1.807, 2.05) is 30.3 Å². The molecule has 0 saturated heterocycles. The van der Waals surface area contributed by atoms with Crippen molar-refractivity contribution in [2.75, 3.05) is 0 Å². The molecule has 0 bridgehead atoms. The highest BCUT2D eigenvalue weighted by atomic mass is 32.2. The third-order valence-corrected chi connectivity index (χ3v) is 2.84. The van der Waals surface area contributed by atoms with Crippen molar-refractivity contribution in [2.45, 2.75) is 0 Å². The molecule has 0 saturated carbocycles. The van der Waals surface area contributed by atoms with Gasteiger partial charge >= 0.3 is 0 Å². The Morgan fingerprint density at radius 3 is 2.48 bits per heavy atom. The van der Waals surface area contributed by atoms with Crippen molar-refractivity contribution in [1.29, 1.82) is 0 Å². The van der Waals surface area contributed by atoms with E-state index in [0.717, 1.165) is 10.8 Å². The van der Waals surface area contributed by atoms with Crippen molar-refractivity contribution in [3.05, 3.63) is 52.7 Å². The van der Waals surface area contributed by atoms with Crippen LogP contribution in [0.3, 0.4) is 0 Å². The van der Waals surface area contributed by atoms with Crippen LogP contribution in [0.5, 0.6) is 0 Å². The molecule has 2 aromatic carbocycles. The van der Waals surface area contributed by atoms with Crippen molar-refractivity contribution in [1.82, 2.24) is 0 Å². The summed E-state index contributed by atoms with van der Waals surface area (Å²) in [5.41, 5.74) is 4.25. The average molecular weight is 308 g/mol. The normalized spacial score (nSPS) is 12.0. The largest absolute Gasteiger partial charge is 0.750 e. The summed E-state index contributed by atoms with van der Waals surface area (Å²) in [5.74, 6) is 0.397. The summed E-state index contributed by atoms with van der Waals surface area (Å²) in [7, 11) is 0. The molecule has 3 aromatic rings. The maximum Gasteiger partial charge on any atom is 0.295 e. The van der Waals surface area contributed by atoms with Gasteiger partial charge in [-0.15, -0.1) is 0 Å². The molecule has 3 N–H and O–H groups in total. The molecule has 21 heavy (non-hydrogen) atoms. The van der Waals surface area contributed by atoms with E-state index < -0.39 is 11.4 Å². The Bertz CT molecular complexity index is 860. The molecular formula is C13H10NO6S-. The van der Waals surface area contributed by atoms with E-state index in [4.69, 9.17) is 18.4 Å². The second kappa shape index (κ2) is 6.57. The summed E-state index contributed by atoms with van der Waals surface area (Å²) >= 11 is -2.88. The van der Waals surface area contributed by atoms with Crippen LogP contribution in [0.15, 0.2) is 51.7 Å². The van der Waals surface area contributed by atoms with Gasteiger partial charge in [0.15, 0.2) is 11.0 Å². The minimum absolute atomic E-state index is 0.0444. The predicted octanol–water partition coefficient (Wildman–Crippen LogP) is -0.108. The van der Waals surface area contributed by atoms with E-state index in [2.05, 4.69) is 10.1 Å². The first-order chi connectivity index (χ1) is 10.0. The van der Waals surface area contributed by atoms with Crippen molar-refractivity contribution in [2.24, 2.45) is 0 Å². The Morgan fingerprint density at radius 2 is 1.81 bits per heavy atom. The van der Waals surface area contributed by atoms with Gasteiger partial charge in [0.2, 0.25) is 0 Å². The maximum atomic E-state index is 11.7. The second-order valence-corrected chi connectivity index (χ2v) is 4.56. The molecule has 0 aliphatic heterocycles. The maximum absolute atomic E-state index is 11.7. The monoisotopic (exact) mass is 308 g/mol. The van der Waals surface area contributed by atoms with Crippen molar-refractivity contribution in [3.63, 3.8) is 0 Å². The molecule has 0 aliphatic carbocycles. The lowest BCUT2D eigenvalue weighted by molar-refractivity contribution is -0.635. The van der Waals surface area contributed by atoms with Crippen LogP contribution >= 0.6 is 0 Å². The van der Waals surface area contributed by atoms with Crippen molar-refractivity contribution < 1.29 is 28.5 Å². The fourth-order valence-electron chi connectivity index (χ4n) is 1.93. The average Bonchev–Trinajstić information content (AvgIpc) is 2.47. The lowest BCUT2D eigenvalue weighted by Crippen LogP contribution is -2.40. The first-order valence-electron chi connectivity index (χ1n) is 5.70. The van der Waals surface area contributed by atoms with Crippen LogP contribution in [0, 0.1) is 0 Å². The van der Waals surface area contributed by atoms with Crippen LogP contribution in [0.2, 0.25) is 0 Å². The lowest BCUT2D eigenvalue weighted by Gasteiger charge is -2.05. The number of rotatable bonds is 1. The third-order valence-electron chi connectivity index (χ3n) is 2.73.